The highest BCUT2D eigenvalue weighted by Gasteiger charge is 2.08. The summed E-state index contributed by atoms with van der Waals surface area (Å²) < 4.78 is 11.6. The number of ether oxygens (including phenoxy) is 2. The average molecular weight is 414 g/mol. The number of hydrogen-bond acceptors (Lipinski definition) is 5. The van der Waals surface area contributed by atoms with Crippen LogP contribution in [0.2, 0.25) is 0 Å². The van der Waals surface area contributed by atoms with Crippen molar-refractivity contribution in [2.75, 3.05) is 11.9 Å². The van der Waals surface area contributed by atoms with E-state index in [9.17, 15) is 10.1 Å². The maximum Gasteiger partial charge on any atom is 0.339 e. The zero-order chi connectivity index (χ0) is 21.9. The van der Waals surface area contributed by atoms with Crippen LogP contribution in [0.3, 0.4) is 0 Å². The molecule has 7 nitrogen and oxygen atoms in total. The van der Waals surface area contributed by atoms with E-state index in [4.69, 9.17) is 9.47 Å². The third kappa shape index (κ3) is 6.34. The van der Waals surface area contributed by atoms with Crippen LogP contribution in [0.1, 0.15) is 23.6 Å². The molecule has 0 aliphatic heterocycles. The number of urea groups is 1. The first-order valence-electron chi connectivity index (χ1n) is 9.72. The van der Waals surface area contributed by atoms with E-state index in [1.54, 1.807) is 36.4 Å². The molecule has 0 spiro atoms. The van der Waals surface area contributed by atoms with E-state index in [1.165, 1.54) is 6.21 Å². The number of hydrogen-bond donors (Lipinski definition) is 2. The summed E-state index contributed by atoms with van der Waals surface area (Å²) in [6, 6.07) is 23.4. The van der Waals surface area contributed by atoms with E-state index < -0.39 is 6.03 Å². The van der Waals surface area contributed by atoms with E-state index in [0.717, 1.165) is 11.1 Å². The summed E-state index contributed by atoms with van der Waals surface area (Å²) in [7, 11) is 0. The van der Waals surface area contributed by atoms with Crippen molar-refractivity contribution in [1.82, 2.24) is 5.43 Å². The third-order valence-corrected chi connectivity index (χ3v) is 4.20. The van der Waals surface area contributed by atoms with E-state index >= 15 is 0 Å². The second-order valence-electron chi connectivity index (χ2n) is 6.39. The summed E-state index contributed by atoms with van der Waals surface area (Å²) in [5.74, 6) is 1.11. The summed E-state index contributed by atoms with van der Waals surface area (Å²) >= 11 is 0. The number of nitrogens with zero attached hydrogens (tertiary/aromatic N) is 2. The van der Waals surface area contributed by atoms with Gasteiger partial charge in [0.2, 0.25) is 0 Å². The van der Waals surface area contributed by atoms with Gasteiger partial charge in [-0.3, -0.25) is 0 Å². The molecule has 0 aliphatic rings. The maximum absolute atomic E-state index is 11.9. The minimum absolute atomic E-state index is 0.248. The van der Waals surface area contributed by atoms with Crippen LogP contribution in [0.4, 0.5) is 10.5 Å². The van der Waals surface area contributed by atoms with Crippen molar-refractivity contribution < 1.29 is 14.3 Å². The van der Waals surface area contributed by atoms with Crippen LogP contribution in [0.15, 0.2) is 77.9 Å². The van der Waals surface area contributed by atoms with Crippen LogP contribution >= 0.6 is 0 Å². The Labute approximate surface area is 180 Å². The average Bonchev–Trinajstić information content (AvgIpc) is 2.79. The number of rotatable bonds is 8. The molecule has 3 rings (SSSR count). The highest BCUT2D eigenvalue weighted by atomic mass is 16.5. The fourth-order valence-electron chi connectivity index (χ4n) is 2.75. The lowest BCUT2D eigenvalue weighted by molar-refractivity contribution is 0.252. The molecule has 0 aliphatic carbocycles. The molecule has 2 N–H and O–H groups in total. The second kappa shape index (κ2) is 11.0. The van der Waals surface area contributed by atoms with E-state index in [1.807, 2.05) is 43.3 Å². The van der Waals surface area contributed by atoms with Crippen LogP contribution in [0, 0.1) is 11.3 Å². The van der Waals surface area contributed by atoms with Gasteiger partial charge in [0.25, 0.3) is 0 Å². The third-order valence-electron chi connectivity index (χ3n) is 4.20. The first-order valence-corrected chi connectivity index (χ1v) is 9.72. The first-order chi connectivity index (χ1) is 15.2. The Kier molecular flexibility index (Phi) is 7.61. The van der Waals surface area contributed by atoms with Crippen molar-refractivity contribution >= 4 is 17.9 Å². The van der Waals surface area contributed by atoms with Gasteiger partial charge in [0.1, 0.15) is 6.61 Å². The molecule has 3 aromatic rings. The summed E-state index contributed by atoms with van der Waals surface area (Å²) in [4.78, 5) is 11.9. The van der Waals surface area contributed by atoms with Crippen LogP contribution in [0.5, 0.6) is 11.5 Å². The number of carbonyl (C=O) groups is 1. The molecule has 3 aromatic carbocycles. The van der Waals surface area contributed by atoms with Gasteiger partial charge in [-0.1, -0.05) is 36.4 Å². The molecule has 0 saturated carbocycles. The second-order valence-corrected chi connectivity index (χ2v) is 6.39. The van der Waals surface area contributed by atoms with Crippen molar-refractivity contribution in [2.45, 2.75) is 13.5 Å². The largest absolute Gasteiger partial charge is 0.490 e. The van der Waals surface area contributed by atoms with Gasteiger partial charge >= 0.3 is 6.03 Å². The maximum atomic E-state index is 11.9. The van der Waals surface area contributed by atoms with Gasteiger partial charge < -0.3 is 14.8 Å². The minimum Gasteiger partial charge on any atom is -0.490 e. The Hall–Kier alpha value is -4.31. The van der Waals surface area contributed by atoms with Gasteiger partial charge in [-0.05, 0) is 48.9 Å². The summed E-state index contributed by atoms with van der Waals surface area (Å²) in [5.41, 5.74) is 5.20. The lowest BCUT2D eigenvalue weighted by atomic mass is 10.1. The van der Waals surface area contributed by atoms with Gasteiger partial charge in [0.15, 0.2) is 11.5 Å². The SMILES string of the molecule is CCOc1cc(/C=N\NC(=O)Nc2ccccc2)ccc1OCc1ccccc1C#N. The Morgan fingerprint density at radius 2 is 1.81 bits per heavy atom. The van der Waals surface area contributed by atoms with Crippen molar-refractivity contribution in [2.24, 2.45) is 5.10 Å². The minimum atomic E-state index is -0.441. The number of nitrogens with one attached hydrogen (secondary N) is 2. The molecule has 0 aromatic heterocycles. The molecular weight excluding hydrogens is 392 g/mol. The number of para-hydroxylation sites is 1. The Bertz CT molecular complexity index is 1090. The van der Waals surface area contributed by atoms with Crippen LogP contribution in [-0.4, -0.2) is 18.9 Å². The predicted molar refractivity (Wildman–Crippen MR) is 119 cm³/mol. The number of benzene rings is 3. The predicted octanol–water partition coefficient (Wildman–Crippen LogP) is 4.69. The standard InChI is InChI=1S/C24H22N4O3/c1-2-30-23-14-18(16-26-28-24(29)27-21-10-4-3-5-11-21)12-13-22(23)31-17-20-9-7-6-8-19(20)15-25/h3-14,16H,2,17H2,1H3,(H2,27,28,29)/b26-16-. The van der Waals surface area contributed by atoms with E-state index in [-0.39, 0.29) is 6.61 Å². The van der Waals surface area contributed by atoms with Gasteiger partial charge in [0, 0.05) is 11.3 Å². The molecule has 2 amide bonds. The molecule has 0 fully saturated rings. The van der Waals surface area contributed by atoms with Crippen molar-refractivity contribution in [1.29, 1.82) is 5.26 Å². The van der Waals surface area contributed by atoms with Gasteiger partial charge in [-0.2, -0.15) is 10.4 Å². The zero-order valence-electron chi connectivity index (χ0n) is 17.0. The highest BCUT2D eigenvalue weighted by Crippen LogP contribution is 2.29. The fraction of sp³-hybridized carbons (Fsp3) is 0.125. The molecule has 0 bridgehead atoms. The van der Waals surface area contributed by atoms with Gasteiger partial charge in [-0.25, -0.2) is 10.2 Å². The molecule has 0 radical (unpaired) electrons. The Balaban J connectivity index is 1.63. The topological polar surface area (TPSA) is 95.7 Å². The quantitative estimate of drug-likeness (QED) is 0.413. The summed E-state index contributed by atoms with van der Waals surface area (Å²) in [6.45, 7) is 2.59. The van der Waals surface area contributed by atoms with Crippen LogP contribution < -0.4 is 20.2 Å². The molecule has 0 saturated heterocycles. The fourth-order valence-corrected chi connectivity index (χ4v) is 2.75. The molecular formula is C24H22N4O3. The van der Waals surface area contributed by atoms with E-state index in [0.29, 0.717) is 29.4 Å². The summed E-state index contributed by atoms with van der Waals surface area (Å²) in [5, 5.41) is 15.9. The first kappa shape index (κ1) is 21.4. The number of hydrazone groups is 1. The van der Waals surface area contributed by atoms with Crippen molar-refractivity contribution in [3.63, 3.8) is 0 Å². The number of anilines is 1. The zero-order valence-corrected chi connectivity index (χ0v) is 17.0. The van der Waals surface area contributed by atoms with Crippen molar-refractivity contribution in [3.8, 4) is 17.6 Å². The molecule has 7 heteroatoms. The van der Waals surface area contributed by atoms with Gasteiger partial charge in [-0.15, -0.1) is 0 Å². The molecule has 0 heterocycles. The molecule has 156 valence electrons. The molecule has 0 unspecified atom stereocenters. The number of amides is 2. The van der Waals surface area contributed by atoms with Crippen LogP contribution in [0.25, 0.3) is 0 Å². The Morgan fingerprint density at radius 3 is 2.58 bits per heavy atom. The number of carbonyl (C=O) groups excluding carboxylic acids is 1. The Morgan fingerprint density at radius 1 is 1.03 bits per heavy atom. The van der Waals surface area contributed by atoms with Crippen molar-refractivity contribution in [3.05, 3.63) is 89.5 Å². The smallest absolute Gasteiger partial charge is 0.339 e. The lowest BCUT2D eigenvalue weighted by Crippen LogP contribution is -2.24. The monoisotopic (exact) mass is 414 g/mol. The van der Waals surface area contributed by atoms with E-state index in [2.05, 4.69) is 21.9 Å². The highest BCUT2D eigenvalue weighted by molar-refractivity contribution is 5.90. The van der Waals surface area contributed by atoms with Gasteiger partial charge in [0.05, 0.1) is 24.5 Å². The van der Waals surface area contributed by atoms with Crippen LogP contribution in [-0.2, 0) is 6.61 Å². The normalized spacial score (nSPS) is 10.3. The molecule has 31 heavy (non-hydrogen) atoms. The summed E-state index contributed by atoms with van der Waals surface area (Å²) in [6.07, 6.45) is 1.52. The lowest BCUT2D eigenvalue weighted by Gasteiger charge is -2.13. The number of nitriles is 1. The molecule has 0 atom stereocenters.